The van der Waals surface area contributed by atoms with Gasteiger partial charge < -0.3 is 10.2 Å². The number of aliphatic carboxylic acids is 1. The van der Waals surface area contributed by atoms with Gasteiger partial charge in [-0.2, -0.15) is 0 Å². The molecule has 1 aliphatic heterocycles. The van der Waals surface area contributed by atoms with Gasteiger partial charge in [0.1, 0.15) is 23.8 Å². The number of phenolic OH excluding ortho intramolecular Hbond substituents is 1. The zero-order valence-electron chi connectivity index (χ0n) is 10.2. The minimum absolute atomic E-state index is 0.0860. The fourth-order valence-electron chi connectivity index (χ4n) is 1.76. The third-order valence-electron chi connectivity index (χ3n) is 2.60. The Morgan fingerprint density at radius 3 is 2.84 bits per heavy atom. The summed E-state index contributed by atoms with van der Waals surface area (Å²) in [6.45, 7) is 1.16. The average Bonchev–Trinajstić information content (AvgIpc) is 2.57. The van der Waals surface area contributed by atoms with E-state index in [1.165, 1.54) is 18.2 Å². The molecule has 0 atom stereocenters. The van der Waals surface area contributed by atoms with Crippen molar-refractivity contribution in [2.75, 3.05) is 6.54 Å². The lowest BCUT2D eigenvalue weighted by atomic mass is 10.2. The number of nitrogens with zero attached hydrogens (tertiary/aromatic N) is 2. The predicted molar refractivity (Wildman–Crippen MR) is 68.5 cm³/mol. The molecule has 2 N–H and O–H groups in total. The molecule has 0 aliphatic carbocycles. The fourth-order valence-corrected chi connectivity index (χ4v) is 1.76. The van der Waals surface area contributed by atoms with Crippen LogP contribution in [0.25, 0.3) is 6.08 Å². The summed E-state index contributed by atoms with van der Waals surface area (Å²) in [5.41, 5.74) is 0.779. The van der Waals surface area contributed by atoms with Crippen molar-refractivity contribution in [1.29, 1.82) is 0 Å². The highest BCUT2D eigenvalue weighted by atomic mass is 16.4. The number of amidine groups is 1. The zero-order valence-corrected chi connectivity index (χ0v) is 10.2. The molecule has 19 heavy (non-hydrogen) atoms. The minimum atomic E-state index is -1.10. The number of rotatable bonds is 3. The summed E-state index contributed by atoms with van der Waals surface area (Å²) in [4.78, 5) is 27.7. The van der Waals surface area contributed by atoms with E-state index >= 15 is 0 Å². The average molecular weight is 260 g/mol. The normalized spacial score (nSPS) is 16.9. The lowest BCUT2D eigenvalue weighted by Crippen LogP contribution is -2.35. The number of carbonyl (C=O) groups is 2. The highest BCUT2D eigenvalue weighted by Gasteiger charge is 2.28. The van der Waals surface area contributed by atoms with Gasteiger partial charge in [-0.1, -0.05) is 12.1 Å². The number of hydrogen-bond acceptors (Lipinski definition) is 4. The first-order chi connectivity index (χ1) is 8.97. The quantitative estimate of drug-likeness (QED) is 0.795. The van der Waals surface area contributed by atoms with E-state index in [4.69, 9.17) is 5.11 Å². The molecule has 1 aliphatic rings. The second-order valence-corrected chi connectivity index (χ2v) is 4.07. The van der Waals surface area contributed by atoms with Crippen LogP contribution >= 0.6 is 0 Å². The van der Waals surface area contributed by atoms with Crippen LogP contribution in [0.15, 0.2) is 35.0 Å². The molecule has 0 aromatic heterocycles. The van der Waals surface area contributed by atoms with Gasteiger partial charge in [0.05, 0.1) is 0 Å². The van der Waals surface area contributed by atoms with Crippen LogP contribution in [0.2, 0.25) is 0 Å². The highest BCUT2D eigenvalue weighted by Crippen LogP contribution is 2.20. The van der Waals surface area contributed by atoms with Crippen LogP contribution < -0.4 is 0 Å². The summed E-state index contributed by atoms with van der Waals surface area (Å²) in [6.07, 6.45) is 1.51. The lowest BCUT2D eigenvalue weighted by molar-refractivity contribution is -0.140. The van der Waals surface area contributed by atoms with Crippen molar-refractivity contribution in [2.45, 2.75) is 6.92 Å². The van der Waals surface area contributed by atoms with Crippen molar-refractivity contribution >= 4 is 23.8 Å². The molecule has 1 amide bonds. The van der Waals surface area contributed by atoms with Crippen LogP contribution in [-0.4, -0.2) is 39.4 Å². The van der Waals surface area contributed by atoms with Crippen molar-refractivity contribution < 1.29 is 19.8 Å². The molecule has 0 spiro atoms. The van der Waals surface area contributed by atoms with Gasteiger partial charge in [-0.15, -0.1) is 0 Å². The van der Waals surface area contributed by atoms with Crippen molar-refractivity contribution in [3.05, 3.63) is 35.5 Å². The van der Waals surface area contributed by atoms with Crippen molar-refractivity contribution in [3.63, 3.8) is 0 Å². The van der Waals surface area contributed by atoms with Crippen LogP contribution in [0.5, 0.6) is 5.75 Å². The number of hydrogen-bond donors (Lipinski definition) is 2. The predicted octanol–water partition coefficient (Wildman–Crippen LogP) is 1.08. The maximum absolute atomic E-state index is 12.0. The second-order valence-electron chi connectivity index (χ2n) is 4.07. The molecule has 0 fully saturated rings. The van der Waals surface area contributed by atoms with Gasteiger partial charge in [-0.05, 0) is 30.7 Å². The molecular formula is C13H12N2O4. The Bertz CT molecular complexity index is 604. The van der Waals surface area contributed by atoms with Gasteiger partial charge in [0.2, 0.25) is 0 Å². The van der Waals surface area contributed by atoms with Crippen LogP contribution in [0.1, 0.15) is 12.5 Å². The van der Waals surface area contributed by atoms with Crippen LogP contribution in [0, 0.1) is 0 Å². The summed E-state index contributed by atoms with van der Waals surface area (Å²) in [5.74, 6) is -1.12. The number of aromatic hydroxyl groups is 1. The van der Waals surface area contributed by atoms with Crippen molar-refractivity contribution in [2.24, 2.45) is 4.99 Å². The smallest absolute Gasteiger partial charge is 0.323 e. The summed E-state index contributed by atoms with van der Waals surface area (Å²) >= 11 is 0. The Balaban J connectivity index is 2.28. The van der Waals surface area contributed by atoms with E-state index in [0.717, 1.165) is 4.90 Å². The molecule has 6 heteroatoms. The van der Waals surface area contributed by atoms with E-state index in [1.54, 1.807) is 19.1 Å². The molecule has 6 nitrogen and oxygen atoms in total. The summed E-state index contributed by atoms with van der Waals surface area (Å²) in [6, 6.07) is 6.37. The topological polar surface area (TPSA) is 90.2 Å². The second kappa shape index (κ2) is 4.93. The molecule has 0 bridgehead atoms. The Labute approximate surface area is 109 Å². The number of aliphatic imine (C=N–C) groups is 1. The van der Waals surface area contributed by atoms with E-state index in [9.17, 15) is 14.7 Å². The monoisotopic (exact) mass is 260 g/mol. The number of phenols is 1. The van der Waals surface area contributed by atoms with E-state index in [1.807, 2.05) is 0 Å². The molecule has 0 unspecified atom stereocenters. The first kappa shape index (κ1) is 12.8. The maximum atomic E-state index is 12.0. The minimum Gasteiger partial charge on any atom is -0.508 e. The van der Waals surface area contributed by atoms with Crippen LogP contribution in [-0.2, 0) is 9.59 Å². The first-order valence-electron chi connectivity index (χ1n) is 5.57. The molecule has 0 radical (unpaired) electrons. The first-order valence-corrected chi connectivity index (χ1v) is 5.57. The molecule has 0 saturated heterocycles. The Hall–Kier alpha value is -2.63. The largest absolute Gasteiger partial charge is 0.508 e. The number of amides is 1. The SMILES string of the molecule is CC1=N/C(=C\c2cccc(O)c2)C(=O)N1CC(=O)O. The number of carboxylic acids is 1. The number of carboxylic acid groups (broad SMARTS) is 1. The lowest BCUT2D eigenvalue weighted by Gasteiger charge is -2.11. The van der Waals surface area contributed by atoms with E-state index in [0.29, 0.717) is 11.4 Å². The molecule has 1 aromatic carbocycles. The van der Waals surface area contributed by atoms with E-state index in [2.05, 4.69) is 4.99 Å². The summed E-state index contributed by atoms with van der Waals surface area (Å²) < 4.78 is 0. The van der Waals surface area contributed by atoms with Gasteiger partial charge in [0.25, 0.3) is 5.91 Å². The van der Waals surface area contributed by atoms with Gasteiger partial charge in [-0.3, -0.25) is 14.5 Å². The van der Waals surface area contributed by atoms with Gasteiger partial charge in [0.15, 0.2) is 0 Å². The van der Waals surface area contributed by atoms with Gasteiger partial charge in [0, 0.05) is 0 Å². The van der Waals surface area contributed by atoms with Crippen molar-refractivity contribution in [3.8, 4) is 5.75 Å². The summed E-state index contributed by atoms with van der Waals surface area (Å²) in [7, 11) is 0. The van der Waals surface area contributed by atoms with E-state index < -0.39 is 18.4 Å². The van der Waals surface area contributed by atoms with Gasteiger partial charge in [-0.25, -0.2) is 4.99 Å². The zero-order chi connectivity index (χ0) is 14.0. The number of carbonyl (C=O) groups excluding carboxylic acids is 1. The Kier molecular flexibility index (Phi) is 3.33. The molecule has 1 aromatic rings. The highest BCUT2D eigenvalue weighted by molar-refractivity contribution is 6.14. The Morgan fingerprint density at radius 1 is 1.47 bits per heavy atom. The van der Waals surface area contributed by atoms with E-state index in [-0.39, 0.29) is 11.4 Å². The standard InChI is InChI=1S/C13H12N2O4/c1-8-14-11(13(19)15(8)7-12(17)18)6-9-3-2-4-10(16)5-9/h2-6,16H,7H2,1H3,(H,17,18)/b11-6-. The van der Waals surface area contributed by atoms with Crippen molar-refractivity contribution in [1.82, 2.24) is 4.90 Å². The summed E-state index contributed by atoms with van der Waals surface area (Å²) in [5, 5.41) is 18.1. The fraction of sp³-hybridized carbons (Fsp3) is 0.154. The molecule has 0 saturated carbocycles. The molecule has 1 heterocycles. The Morgan fingerprint density at radius 2 is 2.21 bits per heavy atom. The van der Waals surface area contributed by atoms with Gasteiger partial charge >= 0.3 is 5.97 Å². The maximum Gasteiger partial charge on any atom is 0.323 e. The van der Waals surface area contributed by atoms with Crippen LogP contribution in [0.3, 0.4) is 0 Å². The van der Waals surface area contributed by atoms with Crippen LogP contribution in [0.4, 0.5) is 0 Å². The molecule has 2 rings (SSSR count). The number of benzene rings is 1. The molecular weight excluding hydrogens is 248 g/mol. The molecule has 98 valence electrons. The third-order valence-corrected chi connectivity index (χ3v) is 2.60. The third kappa shape index (κ3) is 2.79.